The Bertz CT molecular complexity index is 1160. The van der Waals surface area contributed by atoms with E-state index in [2.05, 4.69) is 6.07 Å². The number of hydrogen-bond donors (Lipinski definition) is 0. The summed E-state index contributed by atoms with van der Waals surface area (Å²) in [4.78, 5) is 10.5. The zero-order valence-corrected chi connectivity index (χ0v) is 17.4. The highest BCUT2D eigenvalue weighted by atomic mass is 35.5. The summed E-state index contributed by atoms with van der Waals surface area (Å²) in [5.41, 5.74) is 3.28. The quantitative estimate of drug-likeness (QED) is 0.182. The molecule has 0 spiro atoms. The number of nitrogens with zero attached hydrogens (tertiary/aromatic N) is 2. The van der Waals surface area contributed by atoms with Crippen molar-refractivity contribution in [3.63, 3.8) is 0 Å². The molecule has 150 valence electrons. The van der Waals surface area contributed by atoms with Crippen LogP contribution in [0.4, 0.5) is 5.69 Å². The predicted molar refractivity (Wildman–Crippen MR) is 119 cm³/mol. The van der Waals surface area contributed by atoms with E-state index in [1.165, 1.54) is 18.2 Å². The maximum atomic E-state index is 11.0. The third-order valence-electron chi connectivity index (χ3n) is 4.29. The Morgan fingerprint density at radius 2 is 1.83 bits per heavy atom. The molecule has 0 saturated carbocycles. The summed E-state index contributed by atoms with van der Waals surface area (Å²) >= 11 is 12.7. The van der Waals surface area contributed by atoms with Crippen molar-refractivity contribution in [2.24, 2.45) is 0 Å². The molecule has 0 atom stereocenters. The molecule has 5 nitrogen and oxygen atoms in total. The van der Waals surface area contributed by atoms with Crippen LogP contribution in [0.15, 0.2) is 60.7 Å². The van der Waals surface area contributed by atoms with Gasteiger partial charge in [0.15, 0.2) is 5.75 Å². The van der Waals surface area contributed by atoms with Crippen molar-refractivity contribution in [1.82, 2.24) is 0 Å². The molecule has 0 amide bonds. The maximum Gasteiger partial charge on any atom is 0.270 e. The van der Waals surface area contributed by atoms with Gasteiger partial charge in [0.25, 0.3) is 5.69 Å². The van der Waals surface area contributed by atoms with Crippen molar-refractivity contribution in [2.75, 3.05) is 0 Å². The summed E-state index contributed by atoms with van der Waals surface area (Å²) < 4.78 is 5.80. The van der Waals surface area contributed by atoms with Crippen LogP contribution in [0.3, 0.4) is 0 Å². The molecule has 7 heteroatoms. The lowest BCUT2D eigenvalue weighted by Crippen LogP contribution is -1.97. The van der Waals surface area contributed by atoms with E-state index in [1.807, 2.05) is 31.2 Å². The van der Waals surface area contributed by atoms with Crippen molar-refractivity contribution in [1.29, 1.82) is 5.26 Å². The topological polar surface area (TPSA) is 76.2 Å². The van der Waals surface area contributed by atoms with Gasteiger partial charge in [-0.15, -0.1) is 0 Å². The Hall–Kier alpha value is -3.33. The fourth-order valence-corrected chi connectivity index (χ4v) is 3.51. The Balaban J connectivity index is 1.87. The number of halogens is 2. The first-order chi connectivity index (χ1) is 14.4. The second-order valence-corrected chi connectivity index (χ2v) is 7.38. The number of rotatable bonds is 6. The summed E-state index contributed by atoms with van der Waals surface area (Å²) in [5, 5.41) is 21.1. The molecule has 3 aromatic rings. The van der Waals surface area contributed by atoms with Crippen molar-refractivity contribution < 1.29 is 9.66 Å². The third-order valence-corrected chi connectivity index (χ3v) is 4.85. The van der Waals surface area contributed by atoms with Gasteiger partial charge >= 0.3 is 0 Å². The first kappa shape index (κ1) is 21.4. The number of allylic oxidation sites excluding steroid dienone is 1. The van der Waals surface area contributed by atoms with E-state index < -0.39 is 4.92 Å². The van der Waals surface area contributed by atoms with Crippen LogP contribution in [0, 0.1) is 28.4 Å². The Labute approximate surface area is 183 Å². The largest absolute Gasteiger partial charge is 0.486 e. The first-order valence-electron chi connectivity index (χ1n) is 8.91. The number of nitriles is 1. The molecular formula is C23H16Cl2N2O3. The van der Waals surface area contributed by atoms with Crippen LogP contribution in [0.25, 0.3) is 11.6 Å². The van der Waals surface area contributed by atoms with Crippen molar-refractivity contribution >= 4 is 40.5 Å². The van der Waals surface area contributed by atoms with Crippen LogP contribution in [0.2, 0.25) is 10.0 Å². The van der Waals surface area contributed by atoms with Gasteiger partial charge in [0.1, 0.15) is 6.61 Å². The fourth-order valence-electron chi connectivity index (χ4n) is 2.89. The standard InChI is InChI=1S/C23H16Cl2N2O3/c1-15-4-2-5-16(8-15)14-30-23-21(24)10-17(11-22(23)25)9-19(13-26)18-6-3-7-20(12-18)27(28)29/h2-12H,14H2,1H3/b19-9-. The molecule has 3 aromatic carbocycles. The molecule has 0 saturated heterocycles. The van der Waals surface area contributed by atoms with Crippen LogP contribution in [0.5, 0.6) is 5.75 Å². The lowest BCUT2D eigenvalue weighted by Gasteiger charge is -2.11. The molecule has 0 radical (unpaired) electrons. The number of nitro benzene ring substituents is 1. The highest BCUT2D eigenvalue weighted by Gasteiger charge is 2.12. The fraction of sp³-hybridized carbons (Fsp3) is 0.0870. The highest BCUT2D eigenvalue weighted by molar-refractivity contribution is 6.37. The van der Waals surface area contributed by atoms with Gasteiger partial charge in [-0.1, -0.05) is 65.2 Å². The van der Waals surface area contributed by atoms with E-state index in [-0.39, 0.29) is 11.3 Å². The van der Waals surface area contributed by atoms with Crippen molar-refractivity contribution in [3.8, 4) is 11.8 Å². The molecule has 0 aliphatic rings. The summed E-state index contributed by atoms with van der Waals surface area (Å²) in [6, 6.07) is 19.1. The number of non-ortho nitro benzene ring substituents is 1. The van der Waals surface area contributed by atoms with Crippen molar-refractivity contribution in [3.05, 3.63) is 103 Å². The van der Waals surface area contributed by atoms with Crippen LogP contribution in [-0.4, -0.2) is 4.92 Å². The second kappa shape index (κ2) is 9.45. The van der Waals surface area contributed by atoms with Crippen LogP contribution >= 0.6 is 23.2 Å². The number of nitro groups is 1. The van der Waals surface area contributed by atoms with Gasteiger partial charge in [0.05, 0.1) is 26.6 Å². The SMILES string of the molecule is Cc1cccc(COc2c(Cl)cc(/C=C(/C#N)c3cccc([N+](=O)[O-])c3)cc2Cl)c1. The van der Waals surface area contributed by atoms with Gasteiger partial charge in [-0.25, -0.2) is 0 Å². The van der Waals surface area contributed by atoms with E-state index in [0.29, 0.717) is 33.5 Å². The van der Waals surface area contributed by atoms with Gasteiger partial charge in [0, 0.05) is 12.1 Å². The summed E-state index contributed by atoms with van der Waals surface area (Å²) in [7, 11) is 0. The van der Waals surface area contributed by atoms with Gasteiger partial charge in [-0.3, -0.25) is 10.1 Å². The minimum Gasteiger partial charge on any atom is -0.486 e. The van der Waals surface area contributed by atoms with E-state index in [4.69, 9.17) is 27.9 Å². The van der Waals surface area contributed by atoms with Gasteiger partial charge in [-0.05, 0) is 41.8 Å². The summed E-state index contributed by atoms with van der Waals surface area (Å²) in [6.07, 6.45) is 1.57. The molecule has 0 heterocycles. The number of hydrogen-bond acceptors (Lipinski definition) is 4. The molecule has 0 bridgehead atoms. The van der Waals surface area contributed by atoms with E-state index in [1.54, 1.807) is 24.3 Å². The van der Waals surface area contributed by atoms with Crippen LogP contribution in [0.1, 0.15) is 22.3 Å². The summed E-state index contributed by atoms with van der Waals surface area (Å²) in [6.45, 7) is 2.31. The monoisotopic (exact) mass is 438 g/mol. The molecule has 0 unspecified atom stereocenters. The van der Waals surface area contributed by atoms with Crippen LogP contribution < -0.4 is 4.74 Å². The molecule has 0 aliphatic carbocycles. The molecule has 0 N–H and O–H groups in total. The maximum absolute atomic E-state index is 11.0. The predicted octanol–water partition coefficient (Wildman–Crippen LogP) is 6.85. The van der Waals surface area contributed by atoms with Gasteiger partial charge < -0.3 is 4.74 Å². The molecule has 30 heavy (non-hydrogen) atoms. The molecule has 0 fully saturated rings. The lowest BCUT2D eigenvalue weighted by atomic mass is 10.0. The minimum absolute atomic E-state index is 0.0930. The van der Waals surface area contributed by atoms with E-state index in [0.717, 1.165) is 11.1 Å². The first-order valence-corrected chi connectivity index (χ1v) is 9.67. The Kier molecular flexibility index (Phi) is 6.73. The average Bonchev–Trinajstić information content (AvgIpc) is 2.71. The van der Waals surface area contributed by atoms with Crippen molar-refractivity contribution in [2.45, 2.75) is 13.5 Å². The summed E-state index contributed by atoms with van der Waals surface area (Å²) in [5.74, 6) is 0.353. The Morgan fingerprint density at radius 3 is 2.47 bits per heavy atom. The molecule has 0 aliphatic heterocycles. The zero-order valence-electron chi connectivity index (χ0n) is 15.9. The van der Waals surface area contributed by atoms with E-state index >= 15 is 0 Å². The number of ether oxygens (including phenoxy) is 1. The molecule has 3 rings (SSSR count). The molecule has 0 aromatic heterocycles. The lowest BCUT2D eigenvalue weighted by molar-refractivity contribution is -0.384. The second-order valence-electron chi connectivity index (χ2n) is 6.57. The number of benzene rings is 3. The average molecular weight is 439 g/mol. The highest BCUT2D eigenvalue weighted by Crippen LogP contribution is 2.36. The zero-order chi connectivity index (χ0) is 21.7. The normalized spacial score (nSPS) is 11.1. The molecular weight excluding hydrogens is 423 g/mol. The smallest absolute Gasteiger partial charge is 0.270 e. The Morgan fingerprint density at radius 1 is 1.13 bits per heavy atom. The van der Waals surface area contributed by atoms with Crippen LogP contribution in [-0.2, 0) is 6.61 Å². The van der Waals surface area contributed by atoms with Gasteiger partial charge in [-0.2, -0.15) is 5.26 Å². The minimum atomic E-state index is -0.507. The number of aryl methyl sites for hydroxylation is 1. The van der Waals surface area contributed by atoms with Gasteiger partial charge in [0.2, 0.25) is 0 Å². The van der Waals surface area contributed by atoms with E-state index in [9.17, 15) is 15.4 Å². The third kappa shape index (κ3) is 5.18.